The Morgan fingerprint density at radius 1 is 1.19 bits per heavy atom. The monoisotopic (exact) mass is 454 g/mol. The third-order valence-corrected chi connectivity index (χ3v) is 6.90. The fraction of sp³-hybridized carbons (Fsp3) is 0.273. The molecule has 31 heavy (non-hydrogen) atoms. The normalized spacial score (nSPS) is 15.8. The van der Waals surface area contributed by atoms with Crippen LogP contribution in [-0.2, 0) is 15.3 Å². The first kappa shape index (κ1) is 21.3. The molecule has 0 saturated carbocycles. The van der Waals surface area contributed by atoms with Gasteiger partial charge in [0.05, 0.1) is 12.9 Å². The van der Waals surface area contributed by atoms with Crippen LogP contribution >= 0.6 is 23.1 Å². The number of thioether (sulfide) groups is 1. The molecule has 7 nitrogen and oxygen atoms in total. The van der Waals surface area contributed by atoms with Gasteiger partial charge in [0.15, 0.2) is 0 Å². The molecule has 160 valence electrons. The fourth-order valence-electron chi connectivity index (χ4n) is 3.33. The maximum Gasteiger partial charge on any atom is 0.236 e. The van der Waals surface area contributed by atoms with E-state index in [1.54, 1.807) is 23.8 Å². The Morgan fingerprint density at radius 3 is 2.71 bits per heavy atom. The first-order valence-corrected chi connectivity index (χ1v) is 11.8. The van der Waals surface area contributed by atoms with Crippen LogP contribution < -0.4 is 15.0 Å². The van der Waals surface area contributed by atoms with Crippen molar-refractivity contribution in [3.8, 4) is 5.75 Å². The Bertz CT molecular complexity index is 1040. The number of carbonyl (C=O) groups is 2. The molecule has 1 atom stereocenters. The topological polar surface area (TPSA) is 84.4 Å². The smallest absolute Gasteiger partial charge is 0.236 e. The summed E-state index contributed by atoms with van der Waals surface area (Å²) in [6.45, 7) is 0.542. The average molecular weight is 455 g/mol. The Labute approximate surface area is 188 Å². The minimum absolute atomic E-state index is 0.0368. The summed E-state index contributed by atoms with van der Waals surface area (Å²) in [5.74, 6) is 1.78. The summed E-state index contributed by atoms with van der Waals surface area (Å²) in [5, 5.41) is 12.4. The predicted molar refractivity (Wildman–Crippen MR) is 124 cm³/mol. The summed E-state index contributed by atoms with van der Waals surface area (Å²) >= 11 is 2.88. The van der Waals surface area contributed by atoms with Gasteiger partial charge in [-0.05, 0) is 29.8 Å². The maximum atomic E-state index is 12.5. The van der Waals surface area contributed by atoms with E-state index in [2.05, 4.69) is 15.5 Å². The third-order valence-electron chi connectivity index (χ3n) is 4.89. The Balaban J connectivity index is 1.30. The van der Waals surface area contributed by atoms with Gasteiger partial charge >= 0.3 is 0 Å². The Hall–Kier alpha value is -2.91. The van der Waals surface area contributed by atoms with Gasteiger partial charge in [-0.15, -0.1) is 22.0 Å². The van der Waals surface area contributed by atoms with Gasteiger partial charge in [-0.2, -0.15) is 0 Å². The Morgan fingerprint density at radius 2 is 1.97 bits per heavy atom. The van der Waals surface area contributed by atoms with E-state index >= 15 is 0 Å². The van der Waals surface area contributed by atoms with Crippen molar-refractivity contribution in [1.29, 1.82) is 0 Å². The van der Waals surface area contributed by atoms with E-state index in [1.807, 2.05) is 54.6 Å². The second-order valence-corrected chi connectivity index (χ2v) is 9.07. The predicted octanol–water partition coefficient (Wildman–Crippen LogP) is 3.94. The second kappa shape index (κ2) is 9.93. The van der Waals surface area contributed by atoms with Crippen molar-refractivity contribution in [2.75, 3.05) is 29.6 Å². The molecule has 2 amide bonds. The fourth-order valence-corrected chi connectivity index (χ4v) is 4.96. The largest absolute Gasteiger partial charge is 0.497 e. The van der Waals surface area contributed by atoms with Crippen molar-refractivity contribution >= 4 is 45.7 Å². The number of hydrogen-bond acceptors (Lipinski definition) is 7. The lowest BCUT2D eigenvalue weighted by molar-refractivity contribution is -0.117. The summed E-state index contributed by atoms with van der Waals surface area (Å²) in [6, 6.07) is 17.5. The van der Waals surface area contributed by atoms with E-state index in [0.717, 1.165) is 22.2 Å². The number of hydrogen-bond donors (Lipinski definition) is 1. The lowest BCUT2D eigenvalue weighted by atomic mass is 10.1. The van der Waals surface area contributed by atoms with Crippen LogP contribution in [0.2, 0.25) is 0 Å². The molecular weight excluding hydrogens is 432 g/mol. The second-order valence-electron chi connectivity index (χ2n) is 7.08. The van der Waals surface area contributed by atoms with Crippen LogP contribution in [0.15, 0.2) is 54.6 Å². The summed E-state index contributed by atoms with van der Waals surface area (Å²) in [4.78, 5) is 26.5. The minimum Gasteiger partial charge on any atom is -0.497 e. The van der Waals surface area contributed by atoms with Gasteiger partial charge in [-0.3, -0.25) is 14.9 Å². The van der Waals surface area contributed by atoms with Crippen LogP contribution in [0.4, 0.5) is 10.8 Å². The number of carbonyl (C=O) groups excluding carboxylic acids is 2. The zero-order chi connectivity index (χ0) is 21.6. The minimum atomic E-state index is -0.106. The zero-order valence-electron chi connectivity index (χ0n) is 17.0. The number of amides is 2. The first-order valence-electron chi connectivity index (χ1n) is 9.81. The molecule has 1 aliphatic rings. The number of methoxy groups -OCH3 is 1. The van der Waals surface area contributed by atoms with E-state index in [4.69, 9.17) is 4.74 Å². The van der Waals surface area contributed by atoms with Gasteiger partial charge in [-0.1, -0.05) is 41.7 Å². The number of rotatable bonds is 8. The van der Waals surface area contributed by atoms with Gasteiger partial charge < -0.3 is 9.64 Å². The van der Waals surface area contributed by atoms with Crippen molar-refractivity contribution in [3.63, 3.8) is 0 Å². The molecule has 0 spiro atoms. The molecule has 1 aliphatic heterocycles. The van der Waals surface area contributed by atoms with Crippen LogP contribution in [-0.4, -0.2) is 41.4 Å². The number of ether oxygens (including phenoxy) is 1. The SMILES string of the molecule is COc1ccc(N2CC(c3nnc(NC(=O)CSCc4ccccc4)s3)CC2=O)cc1. The van der Waals surface area contributed by atoms with Gasteiger partial charge in [0.2, 0.25) is 16.9 Å². The quantitative estimate of drug-likeness (QED) is 0.555. The summed E-state index contributed by atoms with van der Waals surface area (Å²) < 4.78 is 5.17. The molecule has 0 aliphatic carbocycles. The number of benzene rings is 2. The molecule has 4 rings (SSSR count). The van der Waals surface area contributed by atoms with E-state index in [9.17, 15) is 9.59 Å². The molecule has 1 saturated heterocycles. The highest BCUT2D eigenvalue weighted by Crippen LogP contribution is 2.34. The van der Waals surface area contributed by atoms with E-state index in [1.165, 1.54) is 16.9 Å². The number of aromatic nitrogens is 2. The molecule has 0 bridgehead atoms. The highest BCUT2D eigenvalue weighted by molar-refractivity contribution is 7.99. The van der Waals surface area contributed by atoms with E-state index < -0.39 is 0 Å². The van der Waals surface area contributed by atoms with Crippen molar-refractivity contribution < 1.29 is 14.3 Å². The van der Waals surface area contributed by atoms with Crippen molar-refractivity contribution in [3.05, 3.63) is 65.2 Å². The molecule has 1 N–H and O–H groups in total. The van der Waals surface area contributed by atoms with Crippen LogP contribution in [0.1, 0.15) is 22.9 Å². The van der Waals surface area contributed by atoms with Gasteiger partial charge in [0, 0.05) is 30.3 Å². The molecular formula is C22H22N4O3S2. The maximum absolute atomic E-state index is 12.5. The van der Waals surface area contributed by atoms with Crippen LogP contribution in [0, 0.1) is 0 Å². The first-order chi connectivity index (χ1) is 15.1. The molecule has 1 fully saturated rings. The van der Waals surface area contributed by atoms with Crippen molar-refractivity contribution in [2.45, 2.75) is 18.1 Å². The molecule has 1 unspecified atom stereocenters. The Kier molecular flexibility index (Phi) is 6.83. The molecule has 3 aromatic rings. The number of nitrogens with one attached hydrogen (secondary N) is 1. The summed E-state index contributed by atoms with van der Waals surface area (Å²) in [6.07, 6.45) is 0.377. The van der Waals surface area contributed by atoms with Gasteiger partial charge in [0.1, 0.15) is 10.8 Å². The molecule has 1 aromatic heterocycles. The number of anilines is 2. The molecule has 0 radical (unpaired) electrons. The van der Waals surface area contributed by atoms with Crippen LogP contribution in [0.25, 0.3) is 0 Å². The third kappa shape index (κ3) is 5.42. The van der Waals surface area contributed by atoms with E-state index in [-0.39, 0.29) is 17.7 Å². The van der Waals surface area contributed by atoms with Crippen LogP contribution in [0.3, 0.4) is 0 Å². The van der Waals surface area contributed by atoms with Crippen molar-refractivity contribution in [1.82, 2.24) is 10.2 Å². The standard InChI is InChI=1S/C22H22N4O3S2/c1-29-18-9-7-17(8-10-18)26-12-16(11-20(26)28)21-24-25-22(31-21)23-19(27)14-30-13-15-5-3-2-4-6-15/h2-10,16H,11-14H2,1H3,(H,23,25,27). The van der Waals surface area contributed by atoms with Gasteiger partial charge in [-0.25, -0.2) is 0 Å². The highest BCUT2D eigenvalue weighted by Gasteiger charge is 2.34. The van der Waals surface area contributed by atoms with E-state index in [0.29, 0.717) is 23.8 Å². The molecule has 9 heteroatoms. The molecule has 2 aromatic carbocycles. The molecule has 2 heterocycles. The van der Waals surface area contributed by atoms with Gasteiger partial charge in [0.25, 0.3) is 0 Å². The lowest BCUT2D eigenvalue weighted by Gasteiger charge is -2.16. The summed E-state index contributed by atoms with van der Waals surface area (Å²) in [5.41, 5.74) is 2.02. The zero-order valence-corrected chi connectivity index (χ0v) is 18.6. The lowest BCUT2D eigenvalue weighted by Crippen LogP contribution is -2.24. The summed E-state index contributed by atoms with van der Waals surface area (Å²) in [7, 11) is 1.61. The van der Waals surface area contributed by atoms with Crippen molar-refractivity contribution in [2.24, 2.45) is 0 Å². The van der Waals surface area contributed by atoms with Crippen LogP contribution in [0.5, 0.6) is 5.75 Å². The average Bonchev–Trinajstić information content (AvgIpc) is 3.41. The number of nitrogens with zero attached hydrogens (tertiary/aromatic N) is 3. The highest BCUT2D eigenvalue weighted by atomic mass is 32.2.